The normalized spacial score (nSPS) is 12.9. The van der Waals surface area contributed by atoms with Crippen molar-refractivity contribution >= 4 is 0 Å². The van der Waals surface area contributed by atoms with Crippen molar-refractivity contribution in [1.29, 1.82) is 0 Å². The van der Waals surface area contributed by atoms with Crippen molar-refractivity contribution in [1.82, 2.24) is 5.32 Å². The Morgan fingerprint density at radius 3 is 2.36 bits per heavy atom. The van der Waals surface area contributed by atoms with Crippen molar-refractivity contribution < 1.29 is 10.2 Å². The molecule has 3 nitrogen and oxygen atoms in total. The van der Waals surface area contributed by atoms with Crippen LogP contribution >= 0.6 is 0 Å². The van der Waals surface area contributed by atoms with Crippen LogP contribution in [0.4, 0.5) is 0 Å². The summed E-state index contributed by atoms with van der Waals surface area (Å²) in [6.07, 6.45) is 0. The van der Waals surface area contributed by atoms with Crippen molar-refractivity contribution in [2.24, 2.45) is 0 Å². The first kappa shape index (κ1) is 11.0. The molecule has 1 aromatic rings. The molecule has 0 aromatic heterocycles. The lowest BCUT2D eigenvalue weighted by molar-refractivity contribution is 0.247. The first-order chi connectivity index (χ1) is 6.61. The second kappa shape index (κ2) is 4.44. The molecule has 0 fully saturated rings. The van der Waals surface area contributed by atoms with Crippen LogP contribution in [-0.2, 0) is 0 Å². The average Bonchev–Trinajstić information content (AvgIpc) is 2.19. The first-order valence-corrected chi connectivity index (χ1v) is 4.69. The summed E-state index contributed by atoms with van der Waals surface area (Å²) in [6, 6.07) is 3.62. The molecule has 3 heteroatoms. The minimum atomic E-state index is -0.199. The van der Waals surface area contributed by atoms with Crippen LogP contribution in [0.1, 0.15) is 22.7 Å². The minimum Gasteiger partial charge on any atom is -0.507 e. The summed E-state index contributed by atoms with van der Waals surface area (Å²) in [7, 11) is 1.77. The molecule has 0 aliphatic carbocycles. The van der Waals surface area contributed by atoms with Gasteiger partial charge in [-0.15, -0.1) is 0 Å². The first-order valence-electron chi connectivity index (χ1n) is 4.69. The van der Waals surface area contributed by atoms with Gasteiger partial charge in [0.2, 0.25) is 0 Å². The number of hydrogen-bond acceptors (Lipinski definition) is 3. The van der Waals surface area contributed by atoms with Crippen LogP contribution in [-0.4, -0.2) is 23.9 Å². The summed E-state index contributed by atoms with van der Waals surface area (Å²) in [5.41, 5.74) is 2.61. The van der Waals surface area contributed by atoms with Gasteiger partial charge in [0, 0.05) is 5.56 Å². The molecule has 1 atom stereocenters. The van der Waals surface area contributed by atoms with Gasteiger partial charge >= 0.3 is 0 Å². The van der Waals surface area contributed by atoms with Crippen LogP contribution in [0.5, 0.6) is 5.75 Å². The fourth-order valence-electron chi connectivity index (χ4n) is 1.58. The molecule has 0 amide bonds. The molecule has 0 saturated heterocycles. The smallest absolute Gasteiger partial charge is 0.123 e. The molecule has 0 unspecified atom stereocenters. The summed E-state index contributed by atoms with van der Waals surface area (Å²) in [6.45, 7) is 3.76. The third-order valence-corrected chi connectivity index (χ3v) is 2.52. The van der Waals surface area contributed by atoms with Crippen LogP contribution in [0.25, 0.3) is 0 Å². The van der Waals surface area contributed by atoms with Crippen molar-refractivity contribution in [3.63, 3.8) is 0 Å². The molecule has 0 bridgehead atoms. The Bertz CT molecular complexity index is 319. The third kappa shape index (κ3) is 1.89. The second-order valence-corrected chi connectivity index (χ2v) is 3.49. The number of aliphatic hydroxyl groups excluding tert-OH is 1. The molecule has 0 radical (unpaired) electrons. The average molecular weight is 195 g/mol. The van der Waals surface area contributed by atoms with E-state index in [-0.39, 0.29) is 18.4 Å². The van der Waals surface area contributed by atoms with Gasteiger partial charge in [0.05, 0.1) is 12.6 Å². The predicted octanol–water partition coefficient (Wildman–Crippen LogP) is 1.26. The largest absolute Gasteiger partial charge is 0.507 e. The lowest BCUT2D eigenvalue weighted by Crippen LogP contribution is -2.21. The molecule has 0 heterocycles. The van der Waals surface area contributed by atoms with E-state index >= 15 is 0 Å². The summed E-state index contributed by atoms with van der Waals surface area (Å²) >= 11 is 0. The van der Waals surface area contributed by atoms with Gasteiger partial charge in [-0.2, -0.15) is 0 Å². The summed E-state index contributed by atoms with van der Waals surface area (Å²) in [4.78, 5) is 0. The van der Waals surface area contributed by atoms with Crippen LogP contribution in [0.2, 0.25) is 0 Å². The SMILES string of the molecule is CN[C@H](CO)c1c(C)ccc(C)c1O. The van der Waals surface area contributed by atoms with Gasteiger partial charge < -0.3 is 15.5 Å². The van der Waals surface area contributed by atoms with Gasteiger partial charge in [-0.25, -0.2) is 0 Å². The number of benzene rings is 1. The van der Waals surface area contributed by atoms with E-state index in [9.17, 15) is 5.11 Å². The van der Waals surface area contributed by atoms with Gasteiger partial charge in [-0.05, 0) is 32.0 Å². The van der Waals surface area contributed by atoms with Crippen LogP contribution in [0.15, 0.2) is 12.1 Å². The Labute approximate surface area is 84.4 Å². The molecule has 3 N–H and O–H groups in total. The van der Waals surface area contributed by atoms with Crippen molar-refractivity contribution in [2.75, 3.05) is 13.7 Å². The Morgan fingerprint density at radius 2 is 1.86 bits per heavy atom. The molecular formula is C11H17NO2. The quantitative estimate of drug-likeness (QED) is 0.680. The van der Waals surface area contributed by atoms with Crippen LogP contribution in [0, 0.1) is 13.8 Å². The number of likely N-dealkylation sites (N-methyl/N-ethyl adjacent to an activating group) is 1. The van der Waals surface area contributed by atoms with Gasteiger partial charge in [0.1, 0.15) is 5.75 Å². The Kier molecular flexibility index (Phi) is 3.49. The minimum absolute atomic E-state index is 0.0195. The van der Waals surface area contributed by atoms with E-state index in [2.05, 4.69) is 5.32 Å². The summed E-state index contributed by atoms with van der Waals surface area (Å²) in [5.74, 6) is 0.276. The number of aliphatic hydroxyl groups is 1. The fourth-order valence-corrected chi connectivity index (χ4v) is 1.58. The maximum absolute atomic E-state index is 9.86. The molecule has 0 spiro atoms. The second-order valence-electron chi connectivity index (χ2n) is 3.49. The number of hydrogen-bond donors (Lipinski definition) is 3. The maximum atomic E-state index is 9.86. The van der Waals surface area contributed by atoms with E-state index < -0.39 is 0 Å². The highest BCUT2D eigenvalue weighted by Crippen LogP contribution is 2.30. The van der Waals surface area contributed by atoms with E-state index in [0.717, 1.165) is 16.7 Å². The van der Waals surface area contributed by atoms with Crippen molar-refractivity contribution in [3.8, 4) is 5.75 Å². The molecule has 0 aliphatic heterocycles. The van der Waals surface area contributed by atoms with E-state index in [1.54, 1.807) is 7.05 Å². The van der Waals surface area contributed by atoms with Gasteiger partial charge in [0.25, 0.3) is 0 Å². The highest BCUT2D eigenvalue weighted by Gasteiger charge is 2.16. The molecular weight excluding hydrogens is 178 g/mol. The van der Waals surface area contributed by atoms with Gasteiger partial charge in [-0.1, -0.05) is 12.1 Å². The van der Waals surface area contributed by atoms with E-state index in [4.69, 9.17) is 5.11 Å². The number of phenolic OH excluding ortho intramolecular Hbond substituents is 1. The zero-order chi connectivity index (χ0) is 10.7. The Balaban J connectivity index is 3.23. The zero-order valence-electron chi connectivity index (χ0n) is 8.83. The van der Waals surface area contributed by atoms with Gasteiger partial charge in [0.15, 0.2) is 0 Å². The third-order valence-electron chi connectivity index (χ3n) is 2.52. The standard InChI is InChI=1S/C11H17NO2/c1-7-4-5-8(2)11(14)10(7)9(6-13)12-3/h4-5,9,12-14H,6H2,1-3H3/t9-/m1/s1. The van der Waals surface area contributed by atoms with E-state index in [0.29, 0.717) is 0 Å². The number of rotatable bonds is 3. The molecule has 0 aliphatic rings. The van der Waals surface area contributed by atoms with Crippen LogP contribution < -0.4 is 5.32 Å². The van der Waals surface area contributed by atoms with E-state index in [1.807, 2.05) is 26.0 Å². The number of phenols is 1. The maximum Gasteiger partial charge on any atom is 0.123 e. The predicted molar refractivity (Wildman–Crippen MR) is 56.5 cm³/mol. The molecule has 14 heavy (non-hydrogen) atoms. The number of aromatic hydroxyl groups is 1. The summed E-state index contributed by atoms with van der Waals surface area (Å²) in [5, 5.41) is 22.0. The van der Waals surface area contributed by atoms with Crippen LogP contribution in [0.3, 0.4) is 0 Å². The fraction of sp³-hybridized carbons (Fsp3) is 0.455. The topological polar surface area (TPSA) is 52.5 Å². The lowest BCUT2D eigenvalue weighted by atomic mass is 9.98. The molecule has 1 rings (SSSR count). The molecule has 0 saturated carbocycles. The van der Waals surface area contributed by atoms with E-state index in [1.165, 1.54) is 0 Å². The van der Waals surface area contributed by atoms with Crippen molar-refractivity contribution in [3.05, 3.63) is 28.8 Å². The van der Waals surface area contributed by atoms with Gasteiger partial charge in [-0.3, -0.25) is 0 Å². The highest BCUT2D eigenvalue weighted by molar-refractivity contribution is 5.46. The zero-order valence-corrected chi connectivity index (χ0v) is 8.83. The number of aryl methyl sites for hydroxylation is 2. The summed E-state index contributed by atoms with van der Waals surface area (Å²) < 4.78 is 0. The number of nitrogens with one attached hydrogen (secondary N) is 1. The molecule has 78 valence electrons. The molecule has 1 aromatic carbocycles. The Hall–Kier alpha value is -1.06. The lowest BCUT2D eigenvalue weighted by Gasteiger charge is -2.18. The monoisotopic (exact) mass is 195 g/mol. The Morgan fingerprint density at radius 1 is 1.29 bits per heavy atom. The van der Waals surface area contributed by atoms with Crippen molar-refractivity contribution in [2.45, 2.75) is 19.9 Å². The highest BCUT2D eigenvalue weighted by atomic mass is 16.3.